The summed E-state index contributed by atoms with van der Waals surface area (Å²) in [6.45, 7) is 0.177. The van der Waals surface area contributed by atoms with Crippen molar-refractivity contribution in [2.75, 3.05) is 13.7 Å². The molecule has 1 aromatic carbocycles. The van der Waals surface area contributed by atoms with Crippen LogP contribution in [0, 0.1) is 0 Å². The molecule has 1 aromatic rings. The topological polar surface area (TPSA) is 72.9 Å². The monoisotopic (exact) mass is 305 g/mol. The molecule has 1 heterocycles. The van der Waals surface area contributed by atoms with Gasteiger partial charge in [-0.05, 0) is 18.4 Å². The number of carbonyl (C=O) groups is 3. The highest BCUT2D eigenvalue weighted by Gasteiger charge is 2.38. The third-order valence-corrected chi connectivity index (χ3v) is 3.58. The van der Waals surface area contributed by atoms with Gasteiger partial charge in [0.1, 0.15) is 12.6 Å². The third-order valence-electron chi connectivity index (χ3n) is 3.58. The van der Waals surface area contributed by atoms with Crippen LogP contribution in [0.1, 0.15) is 37.3 Å². The smallest absolute Gasteiger partial charge is 0.417 e. The second kappa shape index (κ2) is 7.59. The normalized spacial score (nSPS) is 17.2. The molecule has 22 heavy (non-hydrogen) atoms. The van der Waals surface area contributed by atoms with Crippen molar-refractivity contribution < 1.29 is 23.9 Å². The number of ether oxygens (including phenoxy) is 2. The number of hydrogen-bond donors (Lipinski definition) is 0. The van der Waals surface area contributed by atoms with Gasteiger partial charge in [-0.1, -0.05) is 30.3 Å². The highest BCUT2D eigenvalue weighted by Crippen LogP contribution is 2.28. The summed E-state index contributed by atoms with van der Waals surface area (Å²) in [5.74, 6) is -0.573. The van der Waals surface area contributed by atoms with E-state index in [-0.39, 0.29) is 37.4 Å². The summed E-state index contributed by atoms with van der Waals surface area (Å²) in [7, 11) is 1.33. The van der Waals surface area contributed by atoms with E-state index in [4.69, 9.17) is 4.74 Å². The summed E-state index contributed by atoms with van der Waals surface area (Å²) >= 11 is 0. The number of amides is 2. The first-order chi connectivity index (χ1) is 10.6. The van der Waals surface area contributed by atoms with Crippen LogP contribution in [0.4, 0.5) is 4.79 Å². The standard InChI is InChI=1S/C16H19NO5/c1-21-15(19)10-6-5-9-14(18)17-13(11-22-16(17)20)12-7-3-2-4-8-12/h2-4,7-8,13H,5-6,9-11H2,1H3/t13-/m1/s1. The molecule has 0 spiro atoms. The zero-order chi connectivity index (χ0) is 15.9. The number of benzene rings is 1. The van der Waals surface area contributed by atoms with Gasteiger partial charge >= 0.3 is 12.1 Å². The molecular formula is C16H19NO5. The lowest BCUT2D eigenvalue weighted by Crippen LogP contribution is -2.34. The minimum Gasteiger partial charge on any atom is -0.469 e. The largest absolute Gasteiger partial charge is 0.469 e. The Morgan fingerprint density at radius 3 is 2.59 bits per heavy atom. The maximum Gasteiger partial charge on any atom is 0.417 e. The molecule has 1 saturated heterocycles. The first-order valence-corrected chi connectivity index (χ1v) is 7.24. The number of rotatable bonds is 6. The number of unbranched alkanes of at least 4 members (excludes halogenated alkanes) is 1. The van der Waals surface area contributed by atoms with E-state index < -0.39 is 6.09 Å². The summed E-state index contributed by atoms with van der Waals surface area (Å²) in [5.41, 5.74) is 0.872. The Morgan fingerprint density at radius 2 is 1.91 bits per heavy atom. The second-order valence-corrected chi connectivity index (χ2v) is 5.05. The number of imide groups is 1. The van der Waals surface area contributed by atoms with Crippen LogP contribution in [0.5, 0.6) is 0 Å². The van der Waals surface area contributed by atoms with Crippen LogP contribution in [-0.2, 0) is 19.1 Å². The molecular weight excluding hydrogens is 286 g/mol. The highest BCUT2D eigenvalue weighted by molar-refractivity contribution is 5.93. The van der Waals surface area contributed by atoms with Crippen molar-refractivity contribution in [2.24, 2.45) is 0 Å². The van der Waals surface area contributed by atoms with E-state index in [0.717, 1.165) is 5.56 Å². The molecule has 0 bridgehead atoms. The summed E-state index contributed by atoms with van der Waals surface area (Å²) in [4.78, 5) is 36.2. The maximum absolute atomic E-state index is 12.3. The van der Waals surface area contributed by atoms with E-state index >= 15 is 0 Å². The van der Waals surface area contributed by atoms with Crippen LogP contribution in [0.2, 0.25) is 0 Å². The molecule has 6 heteroatoms. The fourth-order valence-electron chi connectivity index (χ4n) is 2.39. The molecule has 2 amide bonds. The number of esters is 1. The van der Waals surface area contributed by atoms with Crippen molar-refractivity contribution in [2.45, 2.75) is 31.7 Å². The van der Waals surface area contributed by atoms with Gasteiger partial charge in [-0.15, -0.1) is 0 Å². The fourth-order valence-corrected chi connectivity index (χ4v) is 2.39. The van der Waals surface area contributed by atoms with E-state index in [0.29, 0.717) is 12.8 Å². The summed E-state index contributed by atoms with van der Waals surface area (Å²) in [6, 6.07) is 8.95. The van der Waals surface area contributed by atoms with E-state index in [1.54, 1.807) is 0 Å². The highest BCUT2D eigenvalue weighted by atomic mass is 16.6. The Kier molecular flexibility index (Phi) is 5.52. The molecule has 0 unspecified atom stereocenters. The fraction of sp³-hybridized carbons (Fsp3) is 0.438. The Hall–Kier alpha value is -2.37. The minimum atomic E-state index is -0.605. The van der Waals surface area contributed by atoms with Gasteiger partial charge in [0.15, 0.2) is 0 Å². The Balaban J connectivity index is 1.92. The first-order valence-electron chi connectivity index (χ1n) is 7.24. The molecule has 1 fully saturated rings. The zero-order valence-electron chi connectivity index (χ0n) is 12.5. The average molecular weight is 305 g/mol. The first kappa shape index (κ1) is 16.0. The maximum atomic E-state index is 12.3. The van der Waals surface area contributed by atoms with Crippen LogP contribution < -0.4 is 0 Å². The number of nitrogens with zero attached hydrogens (tertiary/aromatic N) is 1. The molecule has 2 rings (SSSR count). The number of cyclic esters (lactones) is 1. The summed E-state index contributed by atoms with van der Waals surface area (Å²) < 4.78 is 9.55. The zero-order valence-corrected chi connectivity index (χ0v) is 12.5. The summed E-state index contributed by atoms with van der Waals surface area (Å²) in [5, 5.41) is 0. The average Bonchev–Trinajstić information content (AvgIpc) is 2.93. The predicted octanol–water partition coefficient (Wildman–Crippen LogP) is 2.44. The minimum absolute atomic E-state index is 0.177. The lowest BCUT2D eigenvalue weighted by Gasteiger charge is -2.19. The van der Waals surface area contributed by atoms with E-state index in [1.165, 1.54) is 12.0 Å². The molecule has 1 atom stereocenters. The van der Waals surface area contributed by atoms with Crippen LogP contribution in [0.3, 0.4) is 0 Å². The number of hydrogen-bond acceptors (Lipinski definition) is 5. The Morgan fingerprint density at radius 1 is 1.23 bits per heavy atom. The van der Waals surface area contributed by atoms with Crippen molar-refractivity contribution in [3.63, 3.8) is 0 Å². The van der Waals surface area contributed by atoms with Gasteiger partial charge in [0.05, 0.1) is 7.11 Å². The SMILES string of the molecule is COC(=O)CCCCC(=O)N1C(=O)OC[C@@H]1c1ccccc1. The second-order valence-electron chi connectivity index (χ2n) is 5.05. The lowest BCUT2D eigenvalue weighted by atomic mass is 10.1. The van der Waals surface area contributed by atoms with Crippen LogP contribution in [0.25, 0.3) is 0 Å². The third kappa shape index (κ3) is 3.84. The molecule has 0 saturated carbocycles. The van der Waals surface area contributed by atoms with Gasteiger partial charge in [-0.2, -0.15) is 0 Å². The molecule has 6 nitrogen and oxygen atoms in total. The molecule has 0 aromatic heterocycles. The van der Waals surface area contributed by atoms with E-state index in [1.807, 2.05) is 30.3 Å². The summed E-state index contributed by atoms with van der Waals surface area (Å²) in [6.07, 6.45) is 0.953. The molecule has 1 aliphatic rings. The predicted molar refractivity (Wildman–Crippen MR) is 77.9 cm³/mol. The molecule has 0 N–H and O–H groups in total. The quantitative estimate of drug-likeness (QED) is 0.596. The lowest BCUT2D eigenvalue weighted by molar-refractivity contribution is -0.141. The van der Waals surface area contributed by atoms with Crippen LogP contribution in [-0.4, -0.2) is 36.6 Å². The van der Waals surface area contributed by atoms with Crippen molar-refractivity contribution >= 4 is 18.0 Å². The Labute approximate surface area is 129 Å². The van der Waals surface area contributed by atoms with Gasteiger partial charge in [-0.25, -0.2) is 9.69 Å². The van der Waals surface area contributed by atoms with Crippen molar-refractivity contribution in [1.82, 2.24) is 4.90 Å². The Bertz CT molecular complexity index is 543. The van der Waals surface area contributed by atoms with Crippen molar-refractivity contribution in [1.29, 1.82) is 0 Å². The molecule has 118 valence electrons. The van der Waals surface area contributed by atoms with Crippen LogP contribution in [0.15, 0.2) is 30.3 Å². The van der Waals surface area contributed by atoms with Gasteiger partial charge in [0, 0.05) is 12.8 Å². The van der Waals surface area contributed by atoms with Gasteiger partial charge in [0.2, 0.25) is 5.91 Å². The van der Waals surface area contributed by atoms with E-state index in [2.05, 4.69) is 4.74 Å². The van der Waals surface area contributed by atoms with Gasteiger partial charge in [-0.3, -0.25) is 9.59 Å². The van der Waals surface area contributed by atoms with Crippen LogP contribution >= 0.6 is 0 Å². The number of carbonyl (C=O) groups excluding carboxylic acids is 3. The molecule has 0 aliphatic carbocycles. The van der Waals surface area contributed by atoms with Crippen molar-refractivity contribution in [3.8, 4) is 0 Å². The van der Waals surface area contributed by atoms with Crippen molar-refractivity contribution in [3.05, 3.63) is 35.9 Å². The number of methoxy groups -OCH3 is 1. The molecule has 0 radical (unpaired) electrons. The van der Waals surface area contributed by atoms with Gasteiger partial charge in [0.25, 0.3) is 0 Å². The van der Waals surface area contributed by atoms with Gasteiger partial charge < -0.3 is 9.47 Å². The molecule has 1 aliphatic heterocycles. The van der Waals surface area contributed by atoms with E-state index in [9.17, 15) is 14.4 Å².